The molecule has 1 fully saturated rings. The number of hydrogen-bond acceptors (Lipinski definition) is 4. The number of halogens is 1. The van der Waals surface area contributed by atoms with E-state index in [1.165, 1.54) is 11.1 Å². The van der Waals surface area contributed by atoms with Crippen LogP contribution in [0.5, 0.6) is 0 Å². The van der Waals surface area contributed by atoms with Crippen LogP contribution < -0.4 is 0 Å². The van der Waals surface area contributed by atoms with Gasteiger partial charge in [0.05, 0.1) is 0 Å². The van der Waals surface area contributed by atoms with Crippen LogP contribution in [0.4, 0.5) is 0 Å². The van der Waals surface area contributed by atoms with Crippen LogP contribution in [0.25, 0.3) is 0 Å². The Balaban J connectivity index is 1.63. The summed E-state index contributed by atoms with van der Waals surface area (Å²) in [6.07, 6.45) is 7.01. The maximum Gasteiger partial charge on any atom is 0.187 e. The summed E-state index contributed by atoms with van der Waals surface area (Å²) in [5, 5.41) is 1.71. The quantitative estimate of drug-likeness (QED) is 0.632. The van der Waals surface area contributed by atoms with Gasteiger partial charge in [0.2, 0.25) is 0 Å². The van der Waals surface area contributed by atoms with Crippen molar-refractivity contribution in [2.75, 3.05) is 19.3 Å². The first-order valence-corrected chi connectivity index (χ1v) is 8.68. The largest absolute Gasteiger partial charge is 0.298 e. The fourth-order valence-corrected chi connectivity index (χ4v) is 3.43. The smallest absolute Gasteiger partial charge is 0.187 e. The van der Waals surface area contributed by atoms with E-state index in [1.54, 1.807) is 11.8 Å². The lowest BCUT2D eigenvalue weighted by atomic mass is 9.98. The molecule has 3 nitrogen and oxygen atoms in total. The lowest BCUT2D eigenvalue weighted by molar-refractivity contribution is 0.325. The van der Waals surface area contributed by atoms with Gasteiger partial charge in [-0.3, -0.25) is 4.90 Å². The Hall–Kier alpha value is -1.10. The highest BCUT2D eigenvalue weighted by molar-refractivity contribution is 7.98. The summed E-state index contributed by atoms with van der Waals surface area (Å²) in [6.45, 7) is 3.06. The van der Waals surface area contributed by atoms with Gasteiger partial charge in [0.1, 0.15) is 0 Å². The number of rotatable bonds is 4. The predicted octanol–water partition coefficient (Wildman–Crippen LogP) is 3.84. The molecule has 0 radical (unpaired) electrons. The SMILES string of the molecule is CSc1ncc(CN2CC[C@@H](c3ccccc3Cl)C2)cn1. The molecule has 0 aliphatic carbocycles. The van der Waals surface area contributed by atoms with Crippen molar-refractivity contribution < 1.29 is 0 Å². The maximum atomic E-state index is 6.30. The van der Waals surface area contributed by atoms with Crippen molar-refractivity contribution >= 4 is 23.4 Å². The molecule has 2 heterocycles. The van der Waals surface area contributed by atoms with E-state index in [0.29, 0.717) is 5.92 Å². The van der Waals surface area contributed by atoms with E-state index >= 15 is 0 Å². The van der Waals surface area contributed by atoms with E-state index in [4.69, 9.17) is 11.6 Å². The maximum absolute atomic E-state index is 6.30. The number of thioether (sulfide) groups is 1. The van der Waals surface area contributed by atoms with Gasteiger partial charge in [-0.05, 0) is 36.8 Å². The zero-order valence-corrected chi connectivity index (χ0v) is 13.6. The Morgan fingerprint density at radius 3 is 2.76 bits per heavy atom. The van der Waals surface area contributed by atoms with Gasteiger partial charge in [-0.15, -0.1) is 0 Å². The first kappa shape index (κ1) is 14.8. The first-order chi connectivity index (χ1) is 10.3. The Morgan fingerprint density at radius 2 is 2.05 bits per heavy atom. The molecule has 3 rings (SSSR count). The van der Waals surface area contributed by atoms with Crippen LogP contribution in [-0.2, 0) is 6.54 Å². The highest BCUT2D eigenvalue weighted by Crippen LogP contribution is 2.32. The molecule has 1 aliphatic heterocycles. The molecular formula is C16H18ClN3S. The number of nitrogens with zero attached hydrogens (tertiary/aromatic N) is 3. The Kier molecular flexibility index (Phi) is 4.78. The van der Waals surface area contributed by atoms with Crippen molar-refractivity contribution in [1.82, 2.24) is 14.9 Å². The van der Waals surface area contributed by atoms with Crippen LogP contribution in [0, 0.1) is 0 Å². The van der Waals surface area contributed by atoms with Gasteiger partial charge in [-0.1, -0.05) is 41.6 Å². The highest BCUT2D eigenvalue weighted by Gasteiger charge is 2.25. The molecule has 1 aliphatic rings. The molecule has 21 heavy (non-hydrogen) atoms. The molecule has 2 aromatic rings. The Morgan fingerprint density at radius 1 is 1.29 bits per heavy atom. The molecule has 0 N–H and O–H groups in total. The van der Waals surface area contributed by atoms with Crippen molar-refractivity contribution in [3.63, 3.8) is 0 Å². The Bertz CT molecular complexity index is 603. The number of benzene rings is 1. The predicted molar refractivity (Wildman–Crippen MR) is 87.9 cm³/mol. The van der Waals surface area contributed by atoms with Gasteiger partial charge in [0.15, 0.2) is 5.16 Å². The fraction of sp³-hybridized carbons (Fsp3) is 0.375. The molecule has 0 saturated carbocycles. The van der Waals surface area contributed by atoms with Crippen molar-refractivity contribution in [3.05, 3.63) is 52.8 Å². The molecule has 1 saturated heterocycles. The lowest BCUT2D eigenvalue weighted by Gasteiger charge is -2.16. The van der Waals surface area contributed by atoms with Gasteiger partial charge in [0, 0.05) is 36.1 Å². The van der Waals surface area contributed by atoms with Crippen molar-refractivity contribution in [2.45, 2.75) is 24.0 Å². The minimum absolute atomic E-state index is 0.532. The van der Waals surface area contributed by atoms with Crippen LogP contribution in [0.15, 0.2) is 41.8 Å². The van der Waals surface area contributed by atoms with E-state index < -0.39 is 0 Å². The monoisotopic (exact) mass is 319 g/mol. The Labute approximate surface area is 134 Å². The molecule has 110 valence electrons. The number of likely N-dealkylation sites (tertiary alicyclic amines) is 1. The fourth-order valence-electron chi connectivity index (χ4n) is 2.82. The van der Waals surface area contributed by atoms with Gasteiger partial charge < -0.3 is 0 Å². The van der Waals surface area contributed by atoms with Gasteiger partial charge in [-0.2, -0.15) is 0 Å². The zero-order chi connectivity index (χ0) is 14.7. The third-order valence-corrected chi connectivity index (χ3v) is 4.81. The average molecular weight is 320 g/mol. The van der Waals surface area contributed by atoms with Crippen LogP contribution in [-0.4, -0.2) is 34.2 Å². The summed E-state index contributed by atoms with van der Waals surface area (Å²) in [7, 11) is 0. The van der Waals surface area contributed by atoms with Crippen molar-refractivity contribution in [1.29, 1.82) is 0 Å². The van der Waals surface area contributed by atoms with Crippen molar-refractivity contribution in [2.24, 2.45) is 0 Å². The van der Waals surface area contributed by atoms with E-state index in [0.717, 1.165) is 36.2 Å². The van der Waals surface area contributed by atoms with Crippen LogP contribution in [0.3, 0.4) is 0 Å². The van der Waals surface area contributed by atoms with Crippen LogP contribution >= 0.6 is 23.4 Å². The van der Waals surface area contributed by atoms with Gasteiger partial charge in [-0.25, -0.2) is 9.97 Å². The molecule has 1 aromatic carbocycles. The second-order valence-corrected chi connectivity index (χ2v) is 6.50. The lowest BCUT2D eigenvalue weighted by Crippen LogP contribution is -2.20. The molecule has 1 aromatic heterocycles. The molecule has 0 spiro atoms. The number of hydrogen-bond donors (Lipinski definition) is 0. The third-order valence-electron chi connectivity index (χ3n) is 3.89. The molecule has 1 atom stereocenters. The molecular weight excluding hydrogens is 302 g/mol. The second kappa shape index (κ2) is 6.77. The normalized spacial score (nSPS) is 19.0. The minimum atomic E-state index is 0.532. The molecule has 0 unspecified atom stereocenters. The van der Waals surface area contributed by atoms with Gasteiger partial charge >= 0.3 is 0 Å². The highest BCUT2D eigenvalue weighted by atomic mass is 35.5. The van der Waals surface area contributed by atoms with E-state index in [-0.39, 0.29) is 0 Å². The van der Waals surface area contributed by atoms with Crippen molar-refractivity contribution in [3.8, 4) is 0 Å². The molecule has 0 bridgehead atoms. The topological polar surface area (TPSA) is 29.0 Å². The third kappa shape index (κ3) is 3.57. The van der Waals surface area contributed by atoms with Crippen LogP contribution in [0.1, 0.15) is 23.5 Å². The summed E-state index contributed by atoms with van der Waals surface area (Å²) in [5.41, 5.74) is 2.45. The standard InChI is InChI=1S/C16H18ClN3S/c1-21-16-18-8-12(9-19-16)10-20-7-6-13(11-20)14-4-2-3-5-15(14)17/h2-5,8-9,13H,6-7,10-11H2,1H3/t13-/m1/s1. The average Bonchev–Trinajstić information content (AvgIpc) is 2.97. The van der Waals surface area contributed by atoms with E-state index in [2.05, 4.69) is 27.0 Å². The van der Waals surface area contributed by atoms with E-state index in [9.17, 15) is 0 Å². The van der Waals surface area contributed by atoms with Gasteiger partial charge in [0.25, 0.3) is 0 Å². The summed E-state index contributed by atoms with van der Waals surface area (Å²) >= 11 is 7.87. The summed E-state index contributed by atoms with van der Waals surface area (Å²) in [4.78, 5) is 11.1. The minimum Gasteiger partial charge on any atom is -0.298 e. The van der Waals surface area contributed by atoms with E-state index in [1.807, 2.05) is 30.8 Å². The summed E-state index contributed by atoms with van der Waals surface area (Å²) < 4.78 is 0. The summed E-state index contributed by atoms with van der Waals surface area (Å²) in [5.74, 6) is 0.532. The molecule has 0 amide bonds. The summed E-state index contributed by atoms with van der Waals surface area (Å²) in [6, 6.07) is 8.18. The second-order valence-electron chi connectivity index (χ2n) is 5.32. The number of aromatic nitrogens is 2. The first-order valence-electron chi connectivity index (χ1n) is 7.08. The molecule has 5 heteroatoms. The zero-order valence-electron chi connectivity index (χ0n) is 12.0. The van der Waals surface area contributed by atoms with Crippen LogP contribution in [0.2, 0.25) is 5.02 Å².